The first-order valence-corrected chi connectivity index (χ1v) is 3.30. The van der Waals surface area contributed by atoms with E-state index < -0.39 is 0 Å². The summed E-state index contributed by atoms with van der Waals surface area (Å²) >= 11 is 0. The maximum Gasteiger partial charge on any atom is 0.163 e. The summed E-state index contributed by atoms with van der Waals surface area (Å²) in [6, 6.07) is 3.83. The van der Waals surface area contributed by atoms with Gasteiger partial charge in [0.25, 0.3) is 0 Å². The van der Waals surface area contributed by atoms with Gasteiger partial charge in [-0.1, -0.05) is 0 Å². The zero-order valence-corrected chi connectivity index (χ0v) is 6.03. The van der Waals surface area contributed by atoms with Crippen molar-refractivity contribution in [1.82, 2.24) is 15.4 Å². The molecule has 0 saturated carbocycles. The lowest BCUT2D eigenvalue weighted by Gasteiger charge is -1.87. The minimum atomic E-state index is 0.729. The van der Waals surface area contributed by atoms with E-state index in [0.717, 1.165) is 17.1 Å². The summed E-state index contributed by atoms with van der Waals surface area (Å²) in [6.07, 6.45) is 1.84. The summed E-state index contributed by atoms with van der Waals surface area (Å²) in [5, 5.41) is 7.24. The van der Waals surface area contributed by atoms with Crippen molar-refractivity contribution >= 4 is 0 Å². The number of hydrogen-bond donors (Lipinski definition) is 1. The van der Waals surface area contributed by atoms with Crippen LogP contribution in [-0.2, 0) is 0 Å². The smallest absolute Gasteiger partial charge is 0.163 e. The molecule has 11 heavy (non-hydrogen) atoms. The molecule has 4 heteroatoms. The summed E-state index contributed by atoms with van der Waals surface area (Å²) in [6.45, 7) is 1.83. The Morgan fingerprint density at radius 2 is 2.45 bits per heavy atom. The third-order valence-corrected chi connectivity index (χ3v) is 1.51. The van der Waals surface area contributed by atoms with Crippen LogP contribution in [0.3, 0.4) is 0 Å². The van der Waals surface area contributed by atoms with Crippen LogP contribution < -0.4 is 0 Å². The number of hydrogen-bond acceptors (Lipinski definition) is 3. The number of aromatic nitrogens is 3. The molecule has 1 N–H and O–H groups in total. The molecule has 4 nitrogen and oxygen atoms in total. The minimum absolute atomic E-state index is 0.729. The van der Waals surface area contributed by atoms with Gasteiger partial charge >= 0.3 is 0 Å². The highest BCUT2D eigenvalue weighted by atomic mass is 16.5. The highest BCUT2D eigenvalue weighted by Crippen LogP contribution is 2.16. The van der Waals surface area contributed by atoms with Crippen LogP contribution in [0.4, 0.5) is 0 Å². The highest BCUT2D eigenvalue weighted by Gasteiger charge is 2.07. The molecule has 0 unspecified atom stereocenters. The quantitative estimate of drug-likeness (QED) is 0.666. The molecule has 56 valence electrons. The van der Waals surface area contributed by atoms with Crippen LogP contribution >= 0.6 is 0 Å². The van der Waals surface area contributed by atoms with Crippen molar-refractivity contribution in [3.63, 3.8) is 0 Å². The predicted octanol–water partition coefficient (Wildman–Crippen LogP) is 1.37. The fraction of sp³-hybridized carbons (Fsp3) is 0.143. The van der Waals surface area contributed by atoms with E-state index in [4.69, 9.17) is 4.52 Å². The number of aryl methyl sites for hydroxylation is 1. The zero-order chi connectivity index (χ0) is 7.68. The van der Waals surface area contributed by atoms with Crippen LogP contribution in [0.2, 0.25) is 0 Å². The average molecular weight is 149 g/mol. The van der Waals surface area contributed by atoms with Gasteiger partial charge in [0.1, 0.15) is 0 Å². The van der Waals surface area contributed by atoms with Crippen LogP contribution in [0.15, 0.2) is 22.9 Å². The monoisotopic (exact) mass is 149 g/mol. The number of H-pyrrole nitrogens is 1. The molecule has 0 amide bonds. The predicted molar refractivity (Wildman–Crippen MR) is 38.8 cm³/mol. The summed E-state index contributed by atoms with van der Waals surface area (Å²) < 4.78 is 4.81. The Morgan fingerprint density at radius 3 is 3.00 bits per heavy atom. The largest absolute Gasteiger partial charge is 0.360 e. The first-order chi connectivity index (χ1) is 5.38. The van der Waals surface area contributed by atoms with E-state index in [1.165, 1.54) is 0 Å². The van der Waals surface area contributed by atoms with Gasteiger partial charge < -0.3 is 9.51 Å². The fourth-order valence-corrected chi connectivity index (χ4v) is 0.957. The van der Waals surface area contributed by atoms with Gasteiger partial charge in [-0.2, -0.15) is 0 Å². The number of nitrogens with zero attached hydrogens (tertiary/aromatic N) is 2. The standard InChI is InChI=1S/C7H7N3O/c1-5-7(9-10-11-5)6-3-2-4-8-6/h2-4,8H,1H3. The van der Waals surface area contributed by atoms with Crippen molar-refractivity contribution < 1.29 is 4.52 Å². The first kappa shape index (κ1) is 6.15. The molecule has 2 aromatic rings. The molecule has 2 aromatic heterocycles. The van der Waals surface area contributed by atoms with E-state index in [2.05, 4.69) is 15.4 Å². The van der Waals surface area contributed by atoms with E-state index in [1.54, 1.807) is 0 Å². The minimum Gasteiger partial charge on any atom is -0.360 e. The van der Waals surface area contributed by atoms with E-state index >= 15 is 0 Å². The molecule has 0 fully saturated rings. The lowest BCUT2D eigenvalue weighted by atomic mass is 10.3. The summed E-state index contributed by atoms with van der Waals surface area (Å²) in [5.74, 6) is 0.729. The molecular formula is C7H7N3O. The van der Waals surface area contributed by atoms with Gasteiger partial charge in [0, 0.05) is 11.5 Å². The molecule has 0 bridgehead atoms. The van der Waals surface area contributed by atoms with Gasteiger partial charge in [-0.25, -0.2) is 0 Å². The molecular weight excluding hydrogens is 142 g/mol. The molecule has 0 spiro atoms. The van der Waals surface area contributed by atoms with Crippen molar-refractivity contribution in [1.29, 1.82) is 0 Å². The normalized spacial score (nSPS) is 10.3. The van der Waals surface area contributed by atoms with Crippen LogP contribution in [0.5, 0.6) is 0 Å². The lowest BCUT2D eigenvalue weighted by Crippen LogP contribution is -1.79. The Bertz CT molecular complexity index is 336. The van der Waals surface area contributed by atoms with E-state index in [0.29, 0.717) is 0 Å². The lowest BCUT2D eigenvalue weighted by molar-refractivity contribution is 0.374. The second-order valence-corrected chi connectivity index (χ2v) is 2.26. The SMILES string of the molecule is Cc1onnc1-c1ccc[nH]1. The van der Waals surface area contributed by atoms with Gasteiger partial charge in [-0.3, -0.25) is 0 Å². The van der Waals surface area contributed by atoms with E-state index in [-0.39, 0.29) is 0 Å². The molecule has 0 radical (unpaired) electrons. The number of rotatable bonds is 1. The van der Waals surface area contributed by atoms with E-state index in [9.17, 15) is 0 Å². The maximum atomic E-state index is 4.81. The highest BCUT2D eigenvalue weighted by molar-refractivity contribution is 5.54. The number of aromatic amines is 1. The van der Waals surface area contributed by atoms with Crippen LogP contribution in [0.25, 0.3) is 11.4 Å². The third-order valence-electron chi connectivity index (χ3n) is 1.51. The van der Waals surface area contributed by atoms with Gasteiger partial charge in [0.15, 0.2) is 11.5 Å². The molecule has 0 saturated heterocycles. The van der Waals surface area contributed by atoms with Crippen LogP contribution in [-0.4, -0.2) is 15.4 Å². The average Bonchev–Trinajstić information content (AvgIpc) is 2.55. The van der Waals surface area contributed by atoms with Crippen molar-refractivity contribution in [2.24, 2.45) is 0 Å². The Balaban J connectivity index is 2.53. The summed E-state index contributed by atoms with van der Waals surface area (Å²) in [5.41, 5.74) is 1.71. The molecule has 0 atom stereocenters. The van der Waals surface area contributed by atoms with Gasteiger partial charge in [0.2, 0.25) is 0 Å². The molecule has 0 aliphatic heterocycles. The van der Waals surface area contributed by atoms with Gasteiger partial charge in [-0.05, 0) is 19.1 Å². The molecule has 2 rings (SSSR count). The Kier molecular flexibility index (Phi) is 1.25. The number of nitrogens with one attached hydrogen (secondary N) is 1. The second-order valence-electron chi connectivity index (χ2n) is 2.26. The van der Waals surface area contributed by atoms with Crippen molar-refractivity contribution in [2.45, 2.75) is 6.92 Å². The van der Waals surface area contributed by atoms with Crippen LogP contribution in [0, 0.1) is 6.92 Å². The van der Waals surface area contributed by atoms with Crippen LogP contribution in [0.1, 0.15) is 5.76 Å². The Labute approximate surface area is 63.2 Å². The first-order valence-electron chi connectivity index (χ1n) is 3.30. The summed E-state index contributed by atoms with van der Waals surface area (Å²) in [4.78, 5) is 3.02. The van der Waals surface area contributed by atoms with Crippen molar-refractivity contribution in [3.05, 3.63) is 24.1 Å². The molecule has 0 aromatic carbocycles. The zero-order valence-electron chi connectivity index (χ0n) is 6.03. The van der Waals surface area contributed by atoms with Crippen molar-refractivity contribution in [3.8, 4) is 11.4 Å². The second kappa shape index (κ2) is 2.23. The van der Waals surface area contributed by atoms with Gasteiger partial charge in [0.05, 0.1) is 5.69 Å². The van der Waals surface area contributed by atoms with Crippen molar-refractivity contribution in [2.75, 3.05) is 0 Å². The molecule has 0 aliphatic carbocycles. The van der Waals surface area contributed by atoms with E-state index in [1.807, 2.05) is 25.3 Å². The maximum absolute atomic E-state index is 4.81. The molecule has 0 aliphatic rings. The van der Waals surface area contributed by atoms with Gasteiger partial charge in [-0.15, -0.1) is 5.10 Å². The Morgan fingerprint density at radius 1 is 1.55 bits per heavy atom. The fourth-order valence-electron chi connectivity index (χ4n) is 0.957. The topological polar surface area (TPSA) is 54.7 Å². The summed E-state index contributed by atoms with van der Waals surface area (Å²) in [7, 11) is 0. The Hall–Kier alpha value is -1.58. The molecule has 2 heterocycles. The third kappa shape index (κ3) is 0.920.